The Morgan fingerprint density at radius 3 is 2.35 bits per heavy atom. The van der Waals surface area contributed by atoms with E-state index in [2.05, 4.69) is 16.3 Å². The Bertz CT molecular complexity index is 984. The Morgan fingerprint density at radius 2 is 1.61 bits per heavy atom. The molecule has 0 atom stereocenters. The molecule has 1 heterocycles. The van der Waals surface area contributed by atoms with Gasteiger partial charge in [0.05, 0.1) is 6.42 Å². The zero-order valence-electron chi connectivity index (χ0n) is 17.5. The molecule has 0 spiro atoms. The molecule has 3 aromatic carbocycles. The zero-order valence-corrected chi connectivity index (χ0v) is 17.5. The first-order valence-corrected chi connectivity index (χ1v) is 10.7. The summed E-state index contributed by atoms with van der Waals surface area (Å²) in [4.78, 5) is 14.7. The number of amides is 1. The predicted molar refractivity (Wildman–Crippen MR) is 120 cm³/mol. The topological polar surface area (TPSA) is 41.6 Å². The van der Waals surface area contributed by atoms with Crippen LogP contribution in [0.1, 0.15) is 24.0 Å². The van der Waals surface area contributed by atoms with Crippen LogP contribution in [0.2, 0.25) is 0 Å². The summed E-state index contributed by atoms with van der Waals surface area (Å²) in [7, 11) is 0. The van der Waals surface area contributed by atoms with Crippen LogP contribution in [0, 0.1) is 5.82 Å². The van der Waals surface area contributed by atoms with Gasteiger partial charge in [0.1, 0.15) is 17.3 Å². The van der Waals surface area contributed by atoms with Crippen LogP contribution in [0.15, 0.2) is 78.9 Å². The van der Waals surface area contributed by atoms with Gasteiger partial charge in [0, 0.05) is 25.7 Å². The van der Waals surface area contributed by atoms with Crippen molar-refractivity contribution < 1.29 is 13.9 Å². The summed E-state index contributed by atoms with van der Waals surface area (Å²) in [6.45, 7) is 2.73. The minimum Gasteiger partial charge on any atom is -0.457 e. The normalized spacial score (nSPS) is 14.9. The number of nitrogens with zero attached hydrogens (tertiary/aromatic N) is 1. The summed E-state index contributed by atoms with van der Waals surface area (Å²) in [5, 5.41) is 3.18. The van der Waals surface area contributed by atoms with Gasteiger partial charge in [0.25, 0.3) is 0 Å². The number of nitrogens with one attached hydrogen (secondary N) is 1. The number of carbonyl (C=O) groups is 1. The first-order chi connectivity index (χ1) is 15.1. The minimum absolute atomic E-state index is 0.0929. The van der Waals surface area contributed by atoms with Crippen molar-refractivity contribution in [1.29, 1.82) is 0 Å². The lowest BCUT2D eigenvalue weighted by Crippen LogP contribution is -2.44. The highest BCUT2D eigenvalue weighted by Crippen LogP contribution is 2.23. The maximum Gasteiger partial charge on any atom is 0.224 e. The first kappa shape index (κ1) is 21.1. The van der Waals surface area contributed by atoms with Crippen LogP contribution in [0.3, 0.4) is 0 Å². The van der Waals surface area contributed by atoms with Gasteiger partial charge in [-0.25, -0.2) is 4.39 Å². The van der Waals surface area contributed by atoms with Gasteiger partial charge >= 0.3 is 0 Å². The number of likely N-dealkylation sites (tertiary alicyclic amines) is 1. The van der Waals surface area contributed by atoms with Gasteiger partial charge in [-0.05, 0) is 60.4 Å². The average Bonchev–Trinajstić information content (AvgIpc) is 2.78. The summed E-state index contributed by atoms with van der Waals surface area (Å²) in [5.74, 6) is 1.17. The second-order valence-corrected chi connectivity index (χ2v) is 7.98. The van der Waals surface area contributed by atoms with Crippen molar-refractivity contribution in [3.8, 4) is 11.5 Å². The zero-order chi connectivity index (χ0) is 21.5. The molecule has 160 valence electrons. The molecule has 3 aromatic rings. The van der Waals surface area contributed by atoms with Crippen molar-refractivity contribution in [1.82, 2.24) is 10.2 Å². The van der Waals surface area contributed by atoms with E-state index in [1.165, 1.54) is 17.7 Å². The third kappa shape index (κ3) is 6.40. The Hall–Kier alpha value is -3.18. The molecule has 1 aliphatic rings. The number of hydrogen-bond acceptors (Lipinski definition) is 3. The fraction of sp³-hybridized carbons (Fsp3) is 0.269. The molecule has 5 heteroatoms. The number of carbonyl (C=O) groups excluding carboxylic acids is 1. The Balaban J connectivity index is 1.24. The van der Waals surface area contributed by atoms with Crippen LogP contribution < -0.4 is 10.1 Å². The molecule has 0 aliphatic carbocycles. The molecule has 0 bridgehead atoms. The van der Waals surface area contributed by atoms with Crippen LogP contribution in [-0.4, -0.2) is 29.9 Å². The highest BCUT2D eigenvalue weighted by Gasteiger charge is 2.21. The second kappa shape index (κ2) is 10.2. The minimum atomic E-state index is -0.277. The van der Waals surface area contributed by atoms with E-state index in [1.807, 2.05) is 48.5 Å². The van der Waals surface area contributed by atoms with Crippen LogP contribution >= 0.6 is 0 Å². The number of hydrogen-bond donors (Lipinski definition) is 1. The van der Waals surface area contributed by atoms with E-state index in [0.29, 0.717) is 12.2 Å². The monoisotopic (exact) mass is 418 g/mol. The third-order valence-electron chi connectivity index (χ3n) is 5.51. The van der Waals surface area contributed by atoms with Crippen molar-refractivity contribution in [3.05, 3.63) is 95.8 Å². The van der Waals surface area contributed by atoms with E-state index in [0.717, 1.165) is 43.8 Å². The smallest absolute Gasteiger partial charge is 0.224 e. The van der Waals surface area contributed by atoms with Crippen LogP contribution in [0.5, 0.6) is 11.5 Å². The SMILES string of the molecule is O=C(Cc1ccccc1)NC1CCN(Cc2cccc(Oc3ccc(F)cc3)c2)CC1. The van der Waals surface area contributed by atoms with E-state index < -0.39 is 0 Å². The van der Waals surface area contributed by atoms with E-state index in [4.69, 9.17) is 4.74 Å². The van der Waals surface area contributed by atoms with Crippen LogP contribution in [-0.2, 0) is 17.8 Å². The Kier molecular flexibility index (Phi) is 6.95. The number of rotatable bonds is 7. The summed E-state index contributed by atoms with van der Waals surface area (Å²) >= 11 is 0. The van der Waals surface area contributed by atoms with Gasteiger partial charge in [-0.1, -0.05) is 42.5 Å². The highest BCUT2D eigenvalue weighted by molar-refractivity contribution is 5.78. The van der Waals surface area contributed by atoms with Gasteiger partial charge in [-0.2, -0.15) is 0 Å². The standard InChI is InChI=1S/C26H27FN2O2/c27-22-9-11-24(12-10-22)31-25-8-4-7-21(17-25)19-29-15-13-23(14-16-29)28-26(30)18-20-5-2-1-3-6-20/h1-12,17,23H,13-16,18-19H2,(H,28,30). The van der Waals surface area contributed by atoms with E-state index >= 15 is 0 Å². The number of benzene rings is 3. The predicted octanol–water partition coefficient (Wildman–Crippen LogP) is 4.94. The maximum atomic E-state index is 13.1. The van der Waals surface area contributed by atoms with E-state index in [1.54, 1.807) is 12.1 Å². The van der Waals surface area contributed by atoms with Gasteiger partial charge in [-0.3, -0.25) is 9.69 Å². The highest BCUT2D eigenvalue weighted by atomic mass is 19.1. The fourth-order valence-corrected chi connectivity index (χ4v) is 3.90. The molecule has 0 unspecified atom stereocenters. The molecule has 4 rings (SSSR count). The first-order valence-electron chi connectivity index (χ1n) is 10.7. The van der Waals surface area contributed by atoms with Crippen molar-refractivity contribution in [2.24, 2.45) is 0 Å². The summed E-state index contributed by atoms with van der Waals surface area (Å²) < 4.78 is 18.9. The number of halogens is 1. The quantitative estimate of drug-likeness (QED) is 0.591. The van der Waals surface area contributed by atoms with Crippen molar-refractivity contribution in [3.63, 3.8) is 0 Å². The van der Waals surface area contributed by atoms with Crippen LogP contribution in [0.25, 0.3) is 0 Å². The van der Waals surface area contributed by atoms with Crippen molar-refractivity contribution >= 4 is 5.91 Å². The average molecular weight is 419 g/mol. The van der Waals surface area contributed by atoms with Gasteiger partial charge in [-0.15, -0.1) is 0 Å². The molecule has 1 fully saturated rings. The van der Waals surface area contributed by atoms with Gasteiger partial charge in [0.2, 0.25) is 5.91 Å². The van der Waals surface area contributed by atoms with Gasteiger partial charge < -0.3 is 10.1 Å². The summed E-state index contributed by atoms with van der Waals surface area (Å²) in [5.41, 5.74) is 2.21. The molecule has 0 saturated carbocycles. The largest absolute Gasteiger partial charge is 0.457 e. The van der Waals surface area contributed by atoms with Crippen molar-refractivity contribution in [2.75, 3.05) is 13.1 Å². The molecular formula is C26H27FN2O2. The molecule has 31 heavy (non-hydrogen) atoms. The van der Waals surface area contributed by atoms with E-state index in [9.17, 15) is 9.18 Å². The lowest BCUT2D eigenvalue weighted by Gasteiger charge is -2.32. The molecule has 1 N–H and O–H groups in total. The molecular weight excluding hydrogens is 391 g/mol. The van der Waals surface area contributed by atoms with Crippen LogP contribution in [0.4, 0.5) is 4.39 Å². The van der Waals surface area contributed by atoms with Crippen molar-refractivity contribution in [2.45, 2.75) is 31.8 Å². The second-order valence-electron chi connectivity index (χ2n) is 7.98. The summed E-state index contributed by atoms with van der Waals surface area (Å²) in [6, 6.07) is 24.1. The maximum absolute atomic E-state index is 13.1. The fourth-order valence-electron chi connectivity index (χ4n) is 3.90. The lowest BCUT2D eigenvalue weighted by atomic mass is 10.0. The Labute approximate surface area is 182 Å². The number of piperidine rings is 1. The molecule has 1 amide bonds. The molecule has 0 radical (unpaired) electrons. The molecule has 1 saturated heterocycles. The lowest BCUT2D eigenvalue weighted by molar-refractivity contribution is -0.121. The molecule has 4 nitrogen and oxygen atoms in total. The molecule has 0 aromatic heterocycles. The Morgan fingerprint density at radius 1 is 0.903 bits per heavy atom. The number of ether oxygens (including phenoxy) is 1. The third-order valence-corrected chi connectivity index (χ3v) is 5.51. The summed E-state index contributed by atoms with van der Waals surface area (Å²) in [6.07, 6.45) is 2.33. The molecule has 1 aliphatic heterocycles. The van der Waals surface area contributed by atoms with E-state index in [-0.39, 0.29) is 17.8 Å². The van der Waals surface area contributed by atoms with Gasteiger partial charge in [0.15, 0.2) is 0 Å².